The highest BCUT2D eigenvalue weighted by molar-refractivity contribution is 6.30. The number of ether oxygens (including phenoxy) is 2. The number of hydrogen-bond donors (Lipinski definition) is 1. The molecule has 1 aromatic carbocycles. The number of benzene rings is 1. The standard InChI is InChI=1S/C19H19ClN2O5/c1-11(23)13-4-6-16(26-3)14(8-13)9-18(24)27-12(2)19(25)22-17-7-5-15(20)10-21-17/h4-8,10,12H,9H2,1-3H3,(H,21,22,25)/t12-/m0/s1. The molecule has 0 unspecified atom stereocenters. The number of pyridine rings is 1. The second-order valence-corrected chi connectivity index (χ2v) is 6.18. The summed E-state index contributed by atoms with van der Waals surface area (Å²) in [6.07, 6.45) is 0.223. The number of aromatic nitrogens is 1. The van der Waals surface area contributed by atoms with Crippen LogP contribution < -0.4 is 10.1 Å². The molecule has 0 aliphatic rings. The Bertz CT molecular complexity index is 852. The number of esters is 1. The van der Waals surface area contributed by atoms with Crippen molar-refractivity contribution >= 4 is 35.1 Å². The Morgan fingerprint density at radius 2 is 1.96 bits per heavy atom. The van der Waals surface area contributed by atoms with E-state index >= 15 is 0 Å². The molecule has 1 aromatic heterocycles. The van der Waals surface area contributed by atoms with Gasteiger partial charge in [-0.2, -0.15) is 0 Å². The number of hydrogen-bond acceptors (Lipinski definition) is 6. The highest BCUT2D eigenvalue weighted by Crippen LogP contribution is 2.21. The van der Waals surface area contributed by atoms with Crippen LogP contribution in [0.5, 0.6) is 5.75 Å². The quantitative estimate of drug-likeness (QED) is 0.576. The van der Waals surface area contributed by atoms with Crippen molar-refractivity contribution in [3.05, 3.63) is 52.7 Å². The first-order valence-corrected chi connectivity index (χ1v) is 8.47. The number of carbonyl (C=O) groups is 3. The van der Waals surface area contributed by atoms with E-state index in [4.69, 9.17) is 21.1 Å². The van der Waals surface area contributed by atoms with E-state index in [0.717, 1.165) is 0 Å². The van der Waals surface area contributed by atoms with Crippen LogP contribution in [0.1, 0.15) is 29.8 Å². The Labute approximate surface area is 161 Å². The van der Waals surface area contributed by atoms with Gasteiger partial charge in [0.25, 0.3) is 5.91 Å². The zero-order chi connectivity index (χ0) is 20.0. The smallest absolute Gasteiger partial charge is 0.311 e. The molecule has 0 bridgehead atoms. The average Bonchev–Trinajstić information content (AvgIpc) is 2.63. The van der Waals surface area contributed by atoms with E-state index in [1.54, 1.807) is 24.3 Å². The largest absolute Gasteiger partial charge is 0.496 e. The van der Waals surface area contributed by atoms with Crippen molar-refractivity contribution < 1.29 is 23.9 Å². The Hall–Kier alpha value is -2.93. The summed E-state index contributed by atoms with van der Waals surface area (Å²) in [6.45, 7) is 2.88. The number of Topliss-reactive ketones (excluding diaryl/α,β-unsaturated/α-hetero) is 1. The number of nitrogens with one attached hydrogen (secondary N) is 1. The van der Waals surface area contributed by atoms with Crippen molar-refractivity contribution in [2.24, 2.45) is 0 Å². The number of methoxy groups -OCH3 is 1. The zero-order valence-electron chi connectivity index (χ0n) is 15.1. The van der Waals surface area contributed by atoms with E-state index in [2.05, 4.69) is 10.3 Å². The predicted octanol–water partition coefficient (Wildman–Crippen LogP) is 3.06. The predicted molar refractivity (Wildman–Crippen MR) is 100 cm³/mol. The third kappa shape index (κ3) is 5.79. The van der Waals surface area contributed by atoms with Gasteiger partial charge in [-0.3, -0.25) is 14.4 Å². The number of rotatable bonds is 7. The van der Waals surface area contributed by atoms with Crippen LogP contribution in [0.15, 0.2) is 36.5 Å². The molecule has 0 aliphatic heterocycles. The van der Waals surface area contributed by atoms with Crippen LogP contribution in [0.2, 0.25) is 5.02 Å². The molecule has 1 atom stereocenters. The van der Waals surface area contributed by atoms with Gasteiger partial charge in [0.05, 0.1) is 18.6 Å². The lowest BCUT2D eigenvalue weighted by Gasteiger charge is -2.14. The van der Waals surface area contributed by atoms with E-state index in [9.17, 15) is 14.4 Å². The van der Waals surface area contributed by atoms with E-state index in [-0.39, 0.29) is 12.2 Å². The topological polar surface area (TPSA) is 94.6 Å². The molecule has 0 saturated heterocycles. The lowest BCUT2D eigenvalue weighted by atomic mass is 10.0. The normalized spacial score (nSPS) is 11.4. The molecule has 1 amide bonds. The molecular formula is C19H19ClN2O5. The number of amides is 1. The minimum absolute atomic E-state index is 0.129. The first-order chi connectivity index (χ1) is 12.8. The molecule has 0 saturated carbocycles. The molecular weight excluding hydrogens is 372 g/mol. The summed E-state index contributed by atoms with van der Waals surface area (Å²) in [5.41, 5.74) is 0.959. The van der Waals surface area contributed by atoms with Gasteiger partial charge in [-0.05, 0) is 44.2 Å². The lowest BCUT2D eigenvalue weighted by molar-refractivity contribution is -0.152. The number of anilines is 1. The molecule has 1 heterocycles. The summed E-state index contributed by atoms with van der Waals surface area (Å²) in [6, 6.07) is 7.92. The minimum Gasteiger partial charge on any atom is -0.496 e. The van der Waals surface area contributed by atoms with Gasteiger partial charge in [0, 0.05) is 17.3 Å². The minimum atomic E-state index is -1.03. The molecule has 0 aliphatic carbocycles. The van der Waals surface area contributed by atoms with Gasteiger partial charge < -0.3 is 14.8 Å². The monoisotopic (exact) mass is 390 g/mol. The van der Waals surface area contributed by atoms with E-state index in [1.165, 1.54) is 33.2 Å². The van der Waals surface area contributed by atoms with Gasteiger partial charge >= 0.3 is 5.97 Å². The summed E-state index contributed by atoms with van der Waals surface area (Å²) < 4.78 is 10.4. The summed E-state index contributed by atoms with van der Waals surface area (Å²) in [5.74, 6) is -0.527. The molecule has 2 rings (SSSR count). The fourth-order valence-electron chi connectivity index (χ4n) is 2.26. The molecule has 0 radical (unpaired) electrons. The van der Waals surface area contributed by atoms with Crippen LogP contribution in [0, 0.1) is 0 Å². The van der Waals surface area contributed by atoms with Crippen LogP contribution in [0.3, 0.4) is 0 Å². The molecule has 0 fully saturated rings. The Balaban J connectivity index is 2.00. The lowest BCUT2D eigenvalue weighted by Crippen LogP contribution is -2.30. The van der Waals surface area contributed by atoms with E-state index in [0.29, 0.717) is 27.7 Å². The van der Waals surface area contributed by atoms with Crippen LogP contribution in [0.25, 0.3) is 0 Å². The van der Waals surface area contributed by atoms with Gasteiger partial charge in [-0.25, -0.2) is 4.98 Å². The van der Waals surface area contributed by atoms with Crippen LogP contribution in [0.4, 0.5) is 5.82 Å². The van der Waals surface area contributed by atoms with Gasteiger partial charge in [0.1, 0.15) is 11.6 Å². The maximum absolute atomic E-state index is 12.2. The zero-order valence-corrected chi connectivity index (χ0v) is 15.9. The highest BCUT2D eigenvalue weighted by atomic mass is 35.5. The Morgan fingerprint density at radius 3 is 2.56 bits per heavy atom. The fraction of sp³-hybridized carbons (Fsp3) is 0.263. The number of carbonyl (C=O) groups excluding carboxylic acids is 3. The van der Waals surface area contributed by atoms with Crippen molar-refractivity contribution in [1.82, 2.24) is 4.98 Å². The van der Waals surface area contributed by atoms with Gasteiger partial charge in [-0.15, -0.1) is 0 Å². The van der Waals surface area contributed by atoms with Gasteiger partial charge in [-0.1, -0.05) is 11.6 Å². The maximum atomic E-state index is 12.2. The maximum Gasteiger partial charge on any atom is 0.311 e. The van der Waals surface area contributed by atoms with Crippen LogP contribution in [-0.4, -0.2) is 35.9 Å². The third-order valence-corrected chi connectivity index (χ3v) is 3.90. The van der Waals surface area contributed by atoms with Crippen molar-refractivity contribution in [3.8, 4) is 5.75 Å². The third-order valence-electron chi connectivity index (χ3n) is 3.68. The number of ketones is 1. The van der Waals surface area contributed by atoms with Gasteiger partial charge in [0.15, 0.2) is 11.9 Å². The SMILES string of the molecule is COc1ccc(C(C)=O)cc1CC(=O)O[C@@H](C)C(=O)Nc1ccc(Cl)cn1. The second kappa shape index (κ2) is 9.14. The van der Waals surface area contributed by atoms with E-state index < -0.39 is 18.0 Å². The second-order valence-electron chi connectivity index (χ2n) is 5.74. The summed E-state index contributed by atoms with van der Waals surface area (Å²) >= 11 is 5.74. The van der Waals surface area contributed by atoms with Crippen LogP contribution in [-0.2, 0) is 20.7 Å². The van der Waals surface area contributed by atoms with Crippen molar-refractivity contribution in [1.29, 1.82) is 0 Å². The van der Waals surface area contributed by atoms with E-state index in [1.807, 2.05) is 0 Å². The van der Waals surface area contributed by atoms with Crippen molar-refractivity contribution in [2.75, 3.05) is 12.4 Å². The van der Waals surface area contributed by atoms with Crippen LogP contribution >= 0.6 is 11.6 Å². The Morgan fingerprint density at radius 1 is 1.22 bits per heavy atom. The molecule has 142 valence electrons. The first kappa shape index (κ1) is 20.4. The summed E-state index contributed by atoms with van der Waals surface area (Å²) in [5, 5.41) is 2.97. The molecule has 27 heavy (non-hydrogen) atoms. The fourth-order valence-corrected chi connectivity index (χ4v) is 2.37. The molecule has 0 spiro atoms. The first-order valence-electron chi connectivity index (χ1n) is 8.10. The van der Waals surface area contributed by atoms with Crippen molar-refractivity contribution in [2.45, 2.75) is 26.4 Å². The average molecular weight is 391 g/mol. The molecule has 8 heteroatoms. The van der Waals surface area contributed by atoms with Gasteiger partial charge in [0.2, 0.25) is 0 Å². The summed E-state index contributed by atoms with van der Waals surface area (Å²) in [4.78, 5) is 39.8. The van der Waals surface area contributed by atoms with Crippen molar-refractivity contribution in [3.63, 3.8) is 0 Å². The highest BCUT2D eigenvalue weighted by Gasteiger charge is 2.20. The Kier molecular flexibility index (Phi) is 6.90. The molecule has 7 nitrogen and oxygen atoms in total. The number of halogens is 1. The molecule has 2 aromatic rings. The summed E-state index contributed by atoms with van der Waals surface area (Å²) in [7, 11) is 1.47. The molecule has 1 N–H and O–H groups in total. The number of nitrogens with zero attached hydrogens (tertiary/aromatic N) is 1.